The molecule has 3 aliphatic rings. The fraction of sp³-hybridized carbons (Fsp3) is 1.00. The third-order valence-corrected chi connectivity index (χ3v) is 4.38. The zero-order valence-electron chi connectivity index (χ0n) is 9.91. The molecule has 0 aromatic rings. The summed E-state index contributed by atoms with van der Waals surface area (Å²) >= 11 is 0. The molecule has 1 heterocycles. The van der Waals surface area contributed by atoms with Gasteiger partial charge in [0.2, 0.25) is 0 Å². The predicted octanol–water partition coefficient (Wildman–Crippen LogP) is 1.86. The summed E-state index contributed by atoms with van der Waals surface area (Å²) in [6.07, 6.45) is 7.31. The summed E-state index contributed by atoms with van der Waals surface area (Å²) in [4.78, 5) is 2.79. The Labute approximate surface area is 93.4 Å². The molecule has 2 nitrogen and oxygen atoms in total. The van der Waals surface area contributed by atoms with Gasteiger partial charge < -0.3 is 5.32 Å². The highest BCUT2D eigenvalue weighted by molar-refractivity contribution is 4.92. The van der Waals surface area contributed by atoms with Crippen LogP contribution < -0.4 is 5.32 Å². The van der Waals surface area contributed by atoms with E-state index in [9.17, 15) is 0 Å². The summed E-state index contributed by atoms with van der Waals surface area (Å²) in [5.41, 5.74) is 0. The minimum absolute atomic E-state index is 0.782. The van der Waals surface area contributed by atoms with Crippen LogP contribution in [0.3, 0.4) is 0 Å². The minimum Gasteiger partial charge on any atom is -0.312 e. The van der Waals surface area contributed by atoms with Gasteiger partial charge in [-0.25, -0.2) is 0 Å². The lowest BCUT2D eigenvalue weighted by atomic mass is 10.0. The summed E-state index contributed by atoms with van der Waals surface area (Å²) in [5, 5.41) is 3.67. The Kier molecular flexibility index (Phi) is 2.73. The largest absolute Gasteiger partial charge is 0.312 e. The fourth-order valence-electron chi connectivity index (χ4n) is 2.84. The molecule has 2 aliphatic carbocycles. The zero-order chi connectivity index (χ0) is 10.3. The monoisotopic (exact) mass is 208 g/mol. The smallest absolute Gasteiger partial charge is 0.0221 e. The molecule has 2 heteroatoms. The Balaban J connectivity index is 1.52. The number of nitrogens with one attached hydrogen (secondary N) is 1. The maximum Gasteiger partial charge on any atom is 0.0221 e. The van der Waals surface area contributed by atoms with Gasteiger partial charge in [-0.1, -0.05) is 6.92 Å². The quantitative estimate of drug-likeness (QED) is 0.742. The molecule has 2 saturated carbocycles. The molecule has 0 amide bonds. The van der Waals surface area contributed by atoms with E-state index in [0.29, 0.717) is 0 Å². The van der Waals surface area contributed by atoms with E-state index < -0.39 is 0 Å². The van der Waals surface area contributed by atoms with E-state index in [1.165, 1.54) is 51.7 Å². The van der Waals surface area contributed by atoms with Gasteiger partial charge in [0.05, 0.1) is 0 Å². The molecule has 0 aromatic heterocycles. The Bertz CT molecular complexity index is 221. The first-order valence-electron chi connectivity index (χ1n) is 6.80. The average molecular weight is 208 g/mol. The van der Waals surface area contributed by atoms with Crippen LogP contribution in [0.15, 0.2) is 0 Å². The van der Waals surface area contributed by atoms with E-state index >= 15 is 0 Å². The van der Waals surface area contributed by atoms with Crippen LogP contribution in [0, 0.1) is 11.8 Å². The predicted molar refractivity (Wildman–Crippen MR) is 62.9 cm³/mol. The van der Waals surface area contributed by atoms with Crippen molar-refractivity contribution in [3.05, 3.63) is 0 Å². The standard InChI is InChI=1S/C13H24N2/c1-10-6-7-14-13(10)9-15(12-4-5-12)8-11-2-3-11/h10-14H,2-9H2,1H3. The Morgan fingerprint density at radius 3 is 2.40 bits per heavy atom. The molecule has 2 atom stereocenters. The first kappa shape index (κ1) is 10.1. The van der Waals surface area contributed by atoms with Crippen molar-refractivity contribution < 1.29 is 0 Å². The van der Waals surface area contributed by atoms with Crippen LogP contribution in [0.4, 0.5) is 0 Å². The van der Waals surface area contributed by atoms with Crippen molar-refractivity contribution in [2.24, 2.45) is 11.8 Å². The second kappa shape index (κ2) is 4.06. The average Bonchev–Trinajstić information content (AvgIpc) is 3.10. The Morgan fingerprint density at radius 1 is 1.07 bits per heavy atom. The molecular weight excluding hydrogens is 184 g/mol. The van der Waals surface area contributed by atoms with E-state index in [0.717, 1.165) is 23.9 Å². The van der Waals surface area contributed by atoms with Gasteiger partial charge >= 0.3 is 0 Å². The van der Waals surface area contributed by atoms with Crippen molar-refractivity contribution >= 4 is 0 Å². The topological polar surface area (TPSA) is 15.3 Å². The lowest BCUT2D eigenvalue weighted by molar-refractivity contribution is 0.216. The molecule has 0 bridgehead atoms. The van der Waals surface area contributed by atoms with E-state index in [-0.39, 0.29) is 0 Å². The number of hydrogen-bond acceptors (Lipinski definition) is 2. The van der Waals surface area contributed by atoms with Gasteiger partial charge in [0.1, 0.15) is 0 Å². The fourth-order valence-corrected chi connectivity index (χ4v) is 2.84. The van der Waals surface area contributed by atoms with Crippen molar-refractivity contribution in [3.8, 4) is 0 Å². The molecule has 0 aromatic carbocycles. The lowest BCUT2D eigenvalue weighted by Gasteiger charge is -2.27. The van der Waals surface area contributed by atoms with Gasteiger partial charge in [-0.3, -0.25) is 4.90 Å². The molecule has 0 spiro atoms. The van der Waals surface area contributed by atoms with E-state index in [1.54, 1.807) is 0 Å². The second-order valence-electron chi connectivity index (χ2n) is 5.96. The zero-order valence-corrected chi connectivity index (χ0v) is 9.91. The summed E-state index contributed by atoms with van der Waals surface area (Å²) < 4.78 is 0. The molecule has 1 N–H and O–H groups in total. The van der Waals surface area contributed by atoms with Gasteiger partial charge in [-0.15, -0.1) is 0 Å². The third kappa shape index (κ3) is 2.54. The number of hydrogen-bond donors (Lipinski definition) is 1. The van der Waals surface area contributed by atoms with Gasteiger partial charge in [0, 0.05) is 25.2 Å². The van der Waals surface area contributed by atoms with Gasteiger partial charge in [-0.05, 0) is 50.5 Å². The summed E-state index contributed by atoms with van der Waals surface area (Å²) in [6, 6.07) is 1.74. The maximum absolute atomic E-state index is 3.67. The second-order valence-corrected chi connectivity index (χ2v) is 5.96. The molecule has 3 rings (SSSR count). The highest BCUT2D eigenvalue weighted by Gasteiger charge is 2.36. The van der Waals surface area contributed by atoms with Crippen LogP contribution in [-0.4, -0.2) is 36.6 Å². The minimum atomic E-state index is 0.782. The SMILES string of the molecule is CC1CCNC1CN(CC1CC1)C1CC1. The molecule has 0 radical (unpaired) electrons. The summed E-state index contributed by atoms with van der Waals surface area (Å²) in [7, 11) is 0. The van der Waals surface area contributed by atoms with Gasteiger partial charge in [-0.2, -0.15) is 0 Å². The molecule has 86 valence electrons. The van der Waals surface area contributed by atoms with E-state index in [2.05, 4.69) is 17.1 Å². The number of nitrogens with zero attached hydrogens (tertiary/aromatic N) is 1. The normalized spacial score (nSPS) is 36.4. The highest BCUT2D eigenvalue weighted by atomic mass is 15.2. The van der Waals surface area contributed by atoms with Crippen molar-refractivity contribution in [2.75, 3.05) is 19.6 Å². The van der Waals surface area contributed by atoms with Gasteiger partial charge in [0.15, 0.2) is 0 Å². The molecular formula is C13H24N2. The molecule has 15 heavy (non-hydrogen) atoms. The first-order chi connectivity index (χ1) is 7.33. The lowest BCUT2D eigenvalue weighted by Crippen LogP contribution is -2.42. The third-order valence-electron chi connectivity index (χ3n) is 4.38. The number of rotatable bonds is 5. The molecule has 2 unspecified atom stereocenters. The van der Waals surface area contributed by atoms with Crippen LogP contribution >= 0.6 is 0 Å². The van der Waals surface area contributed by atoms with Gasteiger partial charge in [0.25, 0.3) is 0 Å². The van der Waals surface area contributed by atoms with Crippen LogP contribution in [0.1, 0.15) is 39.0 Å². The highest BCUT2D eigenvalue weighted by Crippen LogP contribution is 2.35. The summed E-state index contributed by atoms with van der Waals surface area (Å²) in [6.45, 7) is 6.37. The van der Waals surface area contributed by atoms with Crippen LogP contribution in [0.25, 0.3) is 0 Å². The van der Waals surface area contributed by atoms with Crippen LogP contribution in [0.5, 0.6) is 0 Å². The van der Waals surface area contributed by atoms with Crippen molar-refractivity contribution in [1.29, 1.82) is 0 Å². The Morgan fingerprint density at radius 2 is 1.87 bits per heavy atom. The van der Waals surface area contributed by atoms with E-state index in [1.807, 2.05) is 0 Å². The van der Waals surface area contributed by atoms with Crippen molar-refractivity contribution in [1.82, 2.24) is 10.2 Å². The Hall–Kier alpha value is -0.0800. The summed E-state index contributed by atoms with van der Waals surface area (Å²) in [5.74, 6) is 1.95. The van der Waals surface area contributed by atoms with Crippen molar-refractivity contribution in [2.45, 2.75) is 51.1 Å². The molecule has 1 saturated heterocycles. The molecule has 1 aliphatic heterocycles. The van der Waals surface area contributed by atoms with Crippen LogP contribution in [-0.2, 0) is 0 Å². The molecule has 3 fully saturated rings. The van der Waals surface area contributed by atoms with Crippen LogP contribution in [0.2, 0.25) is 0 Å². The maximum atomic E-state index is 3.67. The van der Waals surface area contributed by atoms with Crippen molar-refractivity contribution in [3.63, 3.8) is 0 Å². The first-order valence-corrected chi connectivity index (χ1v) is 6.80. The van der Waals surface area contributed by atoms with E-state index in [4.69, 9.17) is 0 Å².